The lowest BCUT2D eigenvalue weighted by Crippen LogP contribution is -2.01. The fraction of sp³-hybridized carbons (Fsp3) is 0.294. The number of hydrogen-bond donors (Lipinski definition) is 0. The fourth-order valence-electron chi connectivity index (χ4n) is 2.02. The number of ether oxygens (including phenoxy) is 1. The number of alkyl halides is 1. The Bertz CT molecular complexity index is 628. The summed E-state index contributed by atoms with van der Waals surface area (Å²) in [7, 11) is 0. The van der Waals surface area contributed by atoms with Crippen molar-refractivity contribution in [2.45, 2.75) is 25.6 Å². The molecule has 0 aliphatic carbocycles. The van der Waals surface area contributed by atoms with E-state index >= 15 is 0 Å². The van der Waals surface area contributed by atoms with Crippen LogP contribution in [-0.2, 0) is 0 Å². The predicted molar refractivity (Wildman–Crippen MR) is 81.0 cm³/mol. The highest BCUT2D eigenvalue weighted by Crippen LogP contribution is 2.33. The second kappa shape index (κ2) is 6.90. The maximum atomic E-state index is 14.0. The van der Waals surface area contributed by atoms with Crippen molar-refractivity contribution in [1.29, 1.82) is 0 Å². The van der Waals surface area contributed by atoms with E-state index in [1.54, 1.807) is 18.2 Å². The monoisotopic (exact) mass is 310 g/mol. The minimum atomic E-state index is -0.759. The molecule has 2 aromatic carbocycles. The fourth-order valence-corrected chi connectivity index (χ4v) is 2.32. The van der Waals surface area contributed by atoms with Crippen LogP contribution in [0.2, 0.25) is 0 Å². The van der Waals surface area contributed by atoms with Gasteiger partial charge in [0.05, 0.1) is 12.0 Å². The second-order valence-corrected chi connectivity index (χ2v) is 5.34. The molecular formula is C17H17ClF2O. The summed E-state index contributed by atoms with van der Waals surface area (Å²) in [6, 6.07) is 9.45. The van der Waals surface area contributed by atoms with E-state index in [2.05, 4.69) is 0 Å². The van der Waals surface area contributed by atoms with Crippen LogP contribution in [0.3, 0.4) is 0 Å². The summed E-state index contributed by atoms with van der Waals surface area (Å²) in [4.78, 5) is 0. The number of halogens is 3. The molecule has 2 aromatic rings. The summed E-state index contributed by atoms with van der Waals surface area (Å²) in [6.07, 6.45) is 0.895. The van der Waals surface area contributed by atoms with Gasteiger partial charge in [0.25, 0.3) is 0 Å². The van der Waals surface area contributed by atoms with Crippen molar-refractivity contribution in [3.63, 3.8) is 0 Å². The number of aryl methyl sites for hydroxylation is 1. The van der Waals surface area contributed by atoms with Crippen molar-refractivity contribution in [2.75, 3.05) is 6.61 Å². The first-order valence-corrected chi connectivity index (χ1v) is 7.29. The molecule has 0 aromatic heterocycles. The lowest BCUT2D eigenvalue weighted by molar-refractivity contribution is 0.317. The average Bonchev–Trinajstić information content (AvgIpc) is 2.48. The molecule has 0 saturated carbocycles. The van der Waals surface area contributed by atoms with Crippen LogP contribution in [0.15, 0.2) is 36.4 Å². The topological polar surface area (TPSA) is 9.23 Å². The van der Waals surface area contributed by atoms with E-state index in [1.165, 1.54) is 6.92 Å². The van der Waals surface area contributed by atoms with Gasteiger partial charge in [0.15, 0.2) is 0 Å². The van der Waals surface area contributed by atoms with Crippen LogP contribution < -0.4 is 4.74 Å². The average molecular weight is 311 g/mol. The van der Waals surface area contributed by atoms with Crippen molar-refractivity contribution in [1.82, 2.24) is 0 Å². The molecule has 0 aliphatic heterocycles. The minimum Gasteiger partial charge on any atom is -0.494 e. The first kappa shape index (κ1) is 15.8. The van der Waals surface area contributed by atoms with Crippen molar-refractivity contribution >= 4 is 11.6 Å². The normalized spacial score (nSPS) is 12.2. The summed E-state index contributed by atoms with van der Waals surface area (Å²) in [6.45, 7) is 4.13. The van der Waals surface area contributed by atoms with Crippen molar-refractivity contribution in [2.24, 2.45) is 0 Å². The Morgan fingerprint density at radius 1 is 1.14 bits per heavy atom. The second-order valence-electron chi connectivity index (χ2n) is 4.91. The van der Waals surface area contributed by atoms with Gasteiger partial charge in [-0.1, -0.05) is 19.1 Å². The van der Waals surface area contributed by atoms with Crippen LogP contribution in [0.1, 0.15) is 35.4 Å². The third kappa shape index (κ3) is 3.73. The summed E-state index contributed by atoms with van der Waals surface area (Å²) in [5, 5.41) is -0.759. The van der Waals surface area contributed by atoms with Crippen LogP contribution in [0.5, 0.6) is 5.75 Å². The molecule has 0 aliphatic rings. The van der Waals surface area contributed by atoms with Crippen molar-refractivity contribution < 1.29 is 13.5 Å². The smallest absolute Gasteiger partial charge is 0.128 e. The van der Waals surface area contributed by atoms with Gasteiger partial charge in [0, 0.05) is 5.56 Å². The summed E-state index contributed by atoms with van der Waals surface area (Å²) >= 11 is 6.30. The zero-order chi connectivity index (χ0) is 15.4. The third-order valence-electron chi connectivity index (χ3n) is 3.17. The number of benzene rings is 2. The molecule has 0 heterocycles. The molecule has 1 unspecified atom stereocenters. The Labute approximate surface area is 128 Å². The minimum absolute atomic E-state index is 0.132. The summed E-state index contributed by atoms with van der Waals surface area (Å²) in [5.41, 5.74) is 1.07. The van der Waals surface area contributed by atoms with Gasteiger partial charge < -0.3 is 4.74 Å². The molecule has 4 heteroatoms. The van der Waals surface area contributed by atoms with E-state index in [1.807, 2.05) is 13.0 Å². The van der Waals surface area contributed by atoms with Crippen molar-refractivity contribution in [3.8, 4) is 5.75 Å². The first-order valence-electron chi connectivity index (χ1n) is 6.85. The Kier molecular flexibility index (Phi) is 5.18. The lowest BCUT2D eigenvalue weighted by atomic mass is 10.0. The van der Waals surface area contributed by atoms with Gasteiger partial charge in [0.1, 0.15) is 17.4 Å². The van der Waals surface area contributed by atoms with Crippen LogP contribution in [0.25, 0.3) is 0 Å². The molecule has 21 heavy (non-hydrogen) atoms. The molecular weight excluding hydrogens is 294 g/mol. The van der Waals surface area contributed by atoms with Crippen LogP contribution in [0.4, 0.5) is 8.78 Å². The highest BCUT2D eigenvalue weighted by molar-refractivity contribution is 6.22. The standard InChI is InChI=1S/C17H17ClF2O/c1-3-7-21-13-6-4-5-12(9-13)17(18)14-10-15(19)11(2)8-16(14)20/h4-6,8-10,17H,3,7H2,1-2H3. The highest BCUT2D eigenvalue weighted by Gasteiger charge is 2.18. The maximum Gasteiger partial charge on any atom is 0.128 e. The highest BCUT2D eigenvalue weighted by atomic mass is 35.5. The zero-order valence-electron chi connectivity index (χ0n) is 12.0. The summed E-state index contributed by atoms with van der Waals surface area (Å²) in [5.74, 6) is -0.294. The Balaban J connectivity index is 2.31. The maximum absolute atomic E-state index is 14.0. The molecule has 0 radical (unpaired) electrons. The molecule has 0 saturated heterocycles. The van der Waals surface area contributed by atoms with E-state index < -0.39 is 17.0 Å². The number of hydrogen-bond acceptors (Lipinski definition) is 1. The van der Waals surface area contributed by atoms with Gasteiger partial charge in [0.2, 0.25) is 0 Å². The molecule has 0 fully saturated rings. The Morgan fingerprint density at radius 2 is 1.90 bits per heavy atom. The van der Waals surface area contributed by atoms with E-state index in [0.29, 0.717) is 17.9 Å². The Hall–Kier alpha value is -1.61. The largest absolute Gasteiger partial charge is 0.494 e. The van der Waals surface area contributed by atoms with Gasteiger partial charge in [-0.3, -0.25) is 0 Å². The molecule has 0 spiro atoms. The van der Waals surface area contributed by atoms with Crippen LogP contribution in [-0.4, -0.2) is 6.61 Å². The molecule has 112 valence electrons. The quantitative estimate of drug-likeness (QED) is 0.673. The molecule has 0 amide bonds. The van der Waals surface area contributed by atoms with Gasteiger partial charge in [-0.05, 0) is 48.7 Å². The molecule has 0 bridgehead atoms. The zero-order valence-corrected chi connectivity index (χ0v) is 12.8. The van der Waals surface area contributed by atoms with E-state index in [0.717, 1.165) is 18.6 Å². The van der Waals surface area contributed by atoms with Gasteiger partial charge in [-0.15, -0.1) is 11.6 Å². The molecule has 0 N–H and O–H groups in total. The van der Waals surface area contributed by atoms with E-state index in [4.69, 9.17) is 16.3 Å². The van der Waals surface area contributed by atoms with E-state index in [-0.39, 0.29) is 11.1 Å². The van der Waals surface area contributed by atoms with Gasteiger partial charge >= 0.3 is 0 Å². The van der Waals surface area contributed by atoms with Crippen molar-refractivity contribution in [3.05, 3.63) is 64.7 Å². The predicted octanol–water partition coefficient (Wildman–Crippen LogP) is 5.39. The van der Waals surface area contributed by atoms with Crippen LogP contribution >= 0.6 is 11.6 Å². The first-order chi connectivity index (χ1) is 10.0. The molecule has 2 rings (SSSR count). The SMILES string of the molecule is CCCOc1cccc(C(Cl)c2cc(F)c(C)cc2F)c1. The van der Waals surface area contributed by atoms with Gasteiger partial charge in [-0.2, -0.15) is 0 Å². The third-order valence-corrected chi connectivity index (χ3v) is 3.66. The number of rotatable bonds is 5. The van der Waals surface area contributed by atoms with Crippen LogP contribution in [0, 0.1) is 18.6 Å². The molecule has 1 atom stereocenters. The Morgan fingerprint density at radius 3 is 2.62 bits per heavy atom. The van der Waals surface area contributed by atoms with E-state index in [9.17, 15) is 8.78 Å². The van der Waals surface area contributed by atoms with Gasteiger partial charge in [-0.25, -0.2) is 8.78 Å². The summed E-state index contributed by atoms with van der Waals surface area (Å²) < 4.78 is 33.1. The lowest BCUT2D eigenvalue weighted by Gasteiger charge is -2.14. The molecule has 1 nitrogen and oxygen atoms in total.